The molecule has 1 aromatic heterocycles. The number of carbonyl (C=O) groups excluding carboxylic acids is 2. The van der Waals surface area contributed by atoms with Gasteiger partial charge < -0.3 is 24.4 Å². The molecule has 1 aliphatic rings. The number of ketones is 1. The van der Waals surface area contributed by atoms with Crippen LogP contribution >= 0.6 is 0 Å². The number of hydrogen-bond donors (Lipinski definition) is 2. The normalized spacial score (nSPS) is 13.7. The van der Waals surface area contributed by atoms with Crippen molar-refractivity contribution in [1.29, 1.82) is 0 Å². The molecule has 2 aromatic carbocycles. The third-order valence-corrected chi connectivity index (χ3v) is 6.04. The van der Waals surface area contributed by atoms with E-state index in [-0.39, 0.29) is 18.0 Å². The summed E-state index contributed by atoms with van der Waals surface area (Å²) in [7, 11) is 0. The molecule has 2 heterocycles. The molecule has 0 bridgehead atoms. The van der Waals surface area contributed by atoms with Crippen LogP contribution < -0.4 is 10.1 Å². The molecule has 0 unspecified atom stereocenters. The number of rotatable bonds is 10. The van der Waals surface area contributed by atoms with Gasteiger partial charge in [-0.05, 0) is 69.5 Å². The predicted octanol–water partition coefficient (Wildman–Crippen LogP) is 5.27. The largest absolute Gasteiger partial charge is 0.491 e. The highest BCUT2D eigenvalue weighted by Gasteiger charge is 2.34. The van der Waals surface area contributed by atoms with Gasteiger partial charge in [0.15, 0.2) is 11.5 Å². The quantitative estimate of drug-likeness (QED) is 0.277. The van der Waals surface area contributed by atoms with E-state index in [1.807, 2.05) is 52.0 Å². The lowest BCUT2D eigenvalue weighted by Gasteiger charge is -2.39. The number of nitrogens with one attached hydrogen (secondary N) is 2. The monoisotopic (exact) mass is 520 g/mol. The van der Waals surface area contributed by atoms with Gasteiger partial charge in [0.2, 0.25) is 0 Å². The fourth-order valence-corrected chi connectivity index (χ4v) is 4.02. The van der Waals surface area contributed by atoms with Crippen LogP contribution in [0.4, 0.5) is 16.2 Å². The number of ether oxygens (including phenoxy) is 3. The molecule has 1 aliphatic heterocycles. The van der Waals surface area contributed by atoms with E-state index in [1.54, 1.807) is 4.90 Å². The van der Waals surface area contributed by atoms with Crippen LogP contribution in [-0.4, -0.2) is 65.0 Å². The number of anilines is 2. The summed E-state index contributed by atoms with van der Waals surface area (Å²) in [6, 6.07) is 16.2. The Labute approximate surface area is 223 Å². The van der Waals surface area contributed by atoms with Crippen molar-refractivity contribution < 1.29 is 23.8 Å². The van der Waals surface area contributed by atoms with Crippen molar-refractivity contribution in [3.63, 3.8) is 0 Å². The molecule has 9 heteroatoms. The van der Waals surface area contributed by atoms with Gasteiger partial charge in [0.05, 0.1) is 37.2 Å². The van der Waals surface area contributed by atoms with Crippen LogP contribution in [0.5, 0.6) is 5.75 Å². The molecule has 1 fully saturated rings. The van der Waals surface area contributed by atoms with Crippen molar-refractivity contribution in [3.05, 3.63) is 71.0 Å². The van der Waals surface area contributed by atoms with Crippen LogP contribution in [0, 0.1) is 6.92 Å². The maximum atomic E-state index is 12.0. The van der Waals surface area contributed by atoms with E-state index in [4.69, 9.17) is 14.2 Å². The number of carbonyl (C=O) groups is 2. The van der Waals surface area contributed by atoms with E-state index in [1.165, 1.54) is 18.1 Å². The lowest BCUT2D eigenvalue weighted by Crippen LogP contribution is -2.56. The van der Waals surface area contributed by atoms with Gasteiger partial charge in [0.25, 0.3) is 0 Å². The Morgan fingerprint density at radius 2 is 1.66 bits per heavy atom. The highest BCUT2D eigenvalue weighted by molar-refractivity contribution is 5.98. The zero-order chi connectivity index (χ0) is 27.3. The van der Waals surface area contributed by atoms with Gasteiger partial charge in [-0.3, -0.25) is 9.89 Å². The van der Waals surface area contributed by atoms with Gasteiger partial charge in [-0.25, -0.2) is 4.79 Å². The minimum Gasteiger partial charge on any atom is -0.491 e. The second-order valence-electron chi connectivity index (χ2n) is 10.5. The lowest BCUT2D eigenvalue weighted by molar-refractivity contribution is -0.0679. The SMILES string of the molecule is CC(=O)c1n[nH]c(C)c1Nc1ccc(Cc2ccc(OCCOC3CN(C(=O)OC(C)(C)C)C3)cc2)cc1. The van der Waals surface area contributed by atoms with Gasteiger partial charge in [0.1, 0.15) is 18.0 Å². The number of aromatic nitrogens is 2. The first kappa shape index (κ1) is 27.2. The summed E-state index contributed by atoms with van der Waals surface area (Å²) in [5.74, 6) is 0.705. The van der Waals surface area contributed by atoms with E-state index >= 15 is 0 Å². The third kappa shape index (κ3) is 7.35. The molecule has 202 valence electrons. The molecule has 0 radical (unpaired) electrons. The van der Waals surface area contributed by atoms with Gasteiger partial charge in [0, 0.05) is 12.6 Å². The molecule has 1 amide bonds. The molecule has 38 heavy (non-hydrogen) atoms. The molecule has 4 rings (SSSR count). The minimum absolute atomic E-state index is 0.0231. The first-order valence-corrected chi connectivity index (χ1v) is 12.8. The summed E-state index contributed by atoms with van der Waals surface area (Å²) in [5.41, 5.74) is 4.70. The Balaban J connectivity index is 1.17. The van der Waals surface area contributed by atoms with Gasteiger partial charge in [-0.1, -0.05) is 24.3 Å². The van der Waals surface area contributed by atoms with Crippen molar-refractivity contribution in [2.75, 3.05) is 31.6 Å². The van der Waals surface area contributed by atoms with E-state index in [0.717, 1.165) is 23.6 Å². The summed E-state index contributed by atoms with van der Waals surface area (Å²) in [6.07, 6.45) is 0.520. The number of nitrogens with zero attached hydrogens (tertiary/aromatic N) is 2. The number of hydrogen-bond acceptors (Lipinski definition) is 7. The molecule has 0 saturated carbocycles. The van der Waals surface area contributed by atoms with Crippen LogP contribution in [0.25, 0.3) is 0 Å². The number of aryl methyl sites for hydroxylation is 1. The van der Waals surface area contributed by atoms with Crippen LogP contribution in [0.3, 0.4) is 0 Å². The first-order valence-electron chi connectivity index (χ1n) is 12.8. The smallest absolute Gasteiger partial charge is 0.410 e. The van der Waals surface area contributed by atoms with E-state index in [9.17, 15) is 9.59 Å². The van der Waals surface area contributed by atoms with Gasteiger partial charge in [-0.2, -0.15) is 5.10 Å². The van der Waals surface area contributed by atoms with Gasteiger partial charge in [-0.15, -0.1) is 0 Å². The number of amides is 1. The first-order chi connectivity index (χ1) is 18.1. The minimum atomic E-state index is -0.489. The van der Waals surface area contributed by atoms with Gasteiger partial charge >= 0.3 is 6.09 Å². The zero-order valence-electron chi connectivity index (χ0n) is 22.7. The summed E-state index contributed by atoms with van der Waals surface area (Å²) in [6.45, 7) is 10.9. The maximum absolute atomic E-state index is 12.0. The van der Waals surface area contributed by atoms with Crippen molar-refractivity contribution in [2.45, 2.75) is 52.7 Å². The fraction of sp³-hybridized carbons (Fsp3) is 0.414. The summed E-state index contributed by atoms with van der Waals surface area (Å²) >= 11 is 0. The molecule has 1 saturated heterocycles. The van der Waals surface area contributed by atoms with Crippen LogP contribution in [0.1, 0.15) is 55.0 Å². The zero-order valence-corrected chi connectivity index (χ0v) is 22.7. The second kappa shape index (κ2) is 11.7. The number of Topliss-reactive ketones (excluding diaryl/α,β-unsaturated/α-hetero) is 1. The third-order valence-electron chi connectivity index (χ3n) is 6.04. The fourth-order valence-electron chi connectivity index (χ4n) is 4.02. The van der Waals surface area contributed by atoms with E-state index in [0.29, 0.717) is 37.7 Å². The Morgan fingerprint density at radius 1 is 1.03 bits per heavy atom. The molecule has 9 nitrogen and oxygen atoms in total. The van der Waals surface area contributed by atoms with Crippen molar-refractivity contribution in [3.8, 4) is 5.75 Å². The van der Waals surface area contributed by atoms with Crippen molar-refractivity contribution in [2.24, 2.45) is 0 Å². The Kier molecular flexibility index (Phi) is 8.36. The Morgan fingerprint density at radius 3 is 2.26 bits per heavy atom. The molecular weight excluding hydrogens is 484 g/mol. The van der Waals surface area contributed by atoms with Crippen molar-refractivity contribution in [1.82, 2.24) is 15.1 Å². The summed E-state index contributed by atoms with van der Waals surface area (Å²) in [4.78, 5) is 25.4. The molecular formula is C29H36N4O5. The number of benzene rings is 2. The van der Waals surface area contributed by atoms with Crippen LogP contribution in [-0.2, 0) is 15.9 Å². The Hall–Kier alpha value is -3.85. The molecule has 2 N–H and O–H groups in total. The molecule has 0 spiro atoms. The molecule has 3 aromatic rings. The summed E-state index contributed by atoms with van der Waals surface area (Å²) < 4.78 is 16.9. The molecule has 0 aliphatic carbocycles. The number of likely N-dealkylation sites (tertiary alicyclic amines) is 1. The predicted molar refractivity (Wildman–Crippen MR) is 145 cm³/mol. The highest BCUT2D eigenvalue weighted by Crippen LogP contribution is 2.24. The lowest BCUT2D eigenvalue weighted by atomic mass is 10.0. The van der Waals surface area contributed by atoms with E-state index in [2.05, 4.69) is 39.8 Å². The molecule has 0 atom stereocenters. The van der Waals surface area contributed by atoms with Crippen LogP contribution in [0.2, 0.25) is 0 Å². The highest BCUT2D eigenvalue weighted by atomic mass is 16.6. The Bertz CT molecular complexity index is 1240. The standard InChI is InChI=1S/C29H36N4O5/c1-19-26(27(20(2)34)32-31-19)30-23-10-6-21(7-11-23)16-22-8-12-24(13-9-22)36-14-15-37-25-17-33(18-25)28(35)38-29(3,4)5/h6-13,25,30H,14-18H2,1-5H3,(H,31,32). The van der Waals surface area contributed by atoms with Crippen LogP contribution in [0.15, 0.2) is 48.5 Å². The van der Waals surface area contributed by atoms with E-state index < -0.39 is 5.60 Å². The average Bonchev–Trinajstić information content (AvgIpc) is 3.19. The second-order valence-corrected chi connectivity index (χ2v) is 10.5. The maximum Gasteiger partial charge on any atom is 0.410 e. The van der Waals surface area contributed by atoms with Crippen molar-refractivity contribution >= 4 is 23.3 Å². The average molecular weight is 521 g/mol. The number of aromatic amines is 1. The topological polar surface area (TPSA) is 106 Å². The number of H-pyrrole nitrogens is 1. The summed E-state index contributed by atoms with van der Waals surface area (Å²) in [5, 5.41) is 10.2.